The number of benzene rings is 1. The zero-order valence-electron chi connectivity index (χ0n) is 5.69. The fourth-order valence-electron chi connectivity index (χ4n) is 0.730. The summed E-state index contributed by atoms with van der Waals surface area (Å²) in [6.07, 6.45) is -4.32. The van der Waals surface area contributed by atoms with Gasteiger partial charge in [0.1, 0.15) is 0 Å². The van der Waals surface area contributed by atoms with Gasteiger partial charge in [-0.2, -0.15) is 13.2 Å². The summed E-state index contributed by atoms with van der Waals surface area (Å²) in [4.78, 5) is 0.297. The molecule has 0 bridgehead atoms. The van der Waals surface area contributed by atoms with Crippen molar-refractivity contribution >= 4 is 28.6 Å². The van der Waals surface area contributed by atoms with E-state index < -0.39 is 11.7 Å². The molecule has 0 heterocycles. The van der Waals surface area contributed by atoms with Gasteiger partial charge in [-0.05, 0) is 18.2 Å². The topological polar surface area (TPSA) is 0 Å². The molecule has 0 nitrogen and oxygen atoms in total. The molecule has 0 aliphatic carbocycles. The van der Waals surface area contributed by atoms with Gasteiger partial charge < -0.3 is 0 Å². The summed E-state index contributed by atoms with van der Waals surface area (Å²) in [6, 6.07) is 3.79. The highest BCUT2D eigenvalue weighted by molar-refractivity contribution is 9.10. The van der Waals surface area contributed by atoms with Crippen LogP contribution in [0, 0.1) is 0 Å². The predicted octanol–water partition coefficient (Wildman–Crippen LogP) is 3.76. The molecular weight excluding hydrogens is 253 g/mol. The van der Waals surface area contributed by atoms with E-state index in [1.807, 2.05) is 0 Å². The maximum atomic E-state index is 12.2. The highest BCUT2D eigenvalue weighted by Crippen LogP contribution is 2.35. The molecule has 0 radical (unpaired) electrons. The summed E-state index contributed by atoms with van der Waals surface area (Å²) in [7, 11) is 0. The summed E-state index contributed by atoms with van der Waals surface area (Å²) in [5.41, 5.74) is -0.699. The van der Waals surface area contributed by atoms with E-state index in [0.717, 1.165) is 6.07 Å². The Kier molecular flexibility index (Phi) is 2.73. The third kappa shape index (κ3) is 2.17. The van der Waals surface area contributed by atoms with Crippen molar-refractivity contribution in [1.29, 1.82) is 0 Å². The molecule has 66 valence electrons. The van der Waals surface area contributed by atoms with E-state index in [4.69, 9.17) is 0 Å². The fraction of sp³-hybridized carbons (Fsp3) is 0.143. The molecule has 0 spiro atoms. The van der Waals surface area contributed by atoms with Crippen molar-refractivity contribution in [3.63, 3.8) is 0 Å². The number of halogens is 4. The van der Waals surface area contributed by atoms with Crippen LogP contribution in [0.2, 0.25) is 0 Å². The van der Waals surface area contributed by atoms with Crippen molar-refractivity contribution < 1.29 is 13.2 Å². The van der Waals surface area contributed by atoms with E-state index in [-0.39, 0.29) is 4.47 Å². The van der Waals surface area contributed by atoms with E-state index in [9.17, 15) is 13.2 Å². The second-order valence-electron chi connectivity index (χ2n) is 2.16. The van der Waals surface area contributed by atoms with Gasteiger partial charge in [0, 0.05) is 9.37 Å². The van der Waals surface area contributed by atoms with Crippen molar-refractivity contribution in [1.82, 2.24) is 0 Å². The third-order valence-electron chi connectivity index (χ3n) is 1.26. The maximum Gasteiger partial charge on any atom is 0.417 e. The molecule has 0 saturated carbocycles. The van der Waals surface area contributed by atoms with Gasteiger partial charge in [0.25, 0.3) is 0 Å². The lowest BCUT2D eigenvalue weighted by molar-refractivity contribution is -0.138. The van der Waals surface area contributed by atoms with E-state index in [2.05, 4.69) is 28.6 Å². The molecule has 0 atom stereocenters. The average Bonchev–Trinajstić information content (AvgIpc) is 1.92. The normalized spacial score (nSPS) is 11.8. The molecule has 0 saturated heterocycles. The lowest BCUT2D eigenvalue weighted by Crippen LogP contribution is -2.05. The number of hydrogen-bond donors (Lipinski definition) is 1. The Bertz CT molecular complexity index is 295. The van der Waals surface area contributed by atoms with Crippen LogP contribution in [0.15, 0.2) is 27.6 Å². The molecule has 0 N–H and O–H groups in total. The van der Waals surface area contributed by atoms with E-state index in [0.29, 0.717) is 4.90 Å². The summed E-state index contributed by atoms with van der Waals surface area (Å²) in [5.74, 6) is 0. The fourth-order valence-corrected chi connectivity index (χ4v) is 1.41. The first-order valence-electron chi connectivity index (χ1n) is 2.97. The Hall–Kier alpha value is -0.160. The molecular formula is C7H4BrF3S. The van der Waals surface area contributed by atoms with E-state index >= 15 is 0 Å². The SMILES string of the molecule is FC(F)(F)c1cc(S)ccc1Br. The Morgan fingerprint density at radius 1 is 1.25 bits per heavy atom. The van der Waals surface area contributed by atoms with Crippen molar-refractivity contribution in [3.05, 3.63) is 28.2 Å². The second-order valence-corrected chi connectivity index (χ2v) is 3.53. The van der Waals surface area contributed by atoms with Gasteiger partial charge in [-0.3, -0.25) is 0 Å². The van der Waals surface area contributed by atoms with Crippen LogP contribution in [0.5, 0.6) is 0 Å². The van der Waals surface area contributed by atoms with Crippen molar-refractivity contribution in [3.8, 4) is 0 Å². The Labute approximate surface area is 81.3 Å². The number of rotatable bonds is 0. The standard InChI is InChI=1S/C7H4BrF3S/c8-6-2-1-4(12)3-5(6)7(9,10)11/h1-3,12H. The lowest BCUT2D eigenvalue weighted by Gasteiger charge is -2.08. The van der Waals surface area contributed by atoms with Gasteiger partial charge in [0.2, 0.25) is 0 Å². The van der Waals surface area contributed by atoms with Crippen LogP contribution in [0.3, 0.4) is 0 Å². The third-order valence-corrected chi connectivity index (χ3v) is 2.23. The summed E-state index contributed by atoms with van der Waals surface area (Å²) in [5, 5.41) is 0. The van der Waals surface area contributed by atoms with Gasteiger partial charge in [-0.15, -0.1) is 12.6 Å². The van der Waals surface area contributed by atoms with Gasteiger partial charge in [-0.25, -0.2) is 0 Å². The predicted molar refractivity (Wildman–Crippen MR) is 46.4 cm³/mol. The first-order chi connectivity index (χ1) is 5.41. The van der Waals surface area contributed by atoms with Gasteiger partial charge in [-0.1, -0.05) is 15.9 Å². The summed E-state index contributed by atoms with van der Waals surface area (Å²) in [6.45, 7) is 0. The van der Waals surface area contributed by atoms with Crippen LogP contribution in [0.1, 0.15) is 5.56 Å². The maximum absolute atomic E-state index is 12.2. The highest BCUT2D eigenvalue weighted by atomic mass is 79.9. The van der Waals surface area contributed by atoms with Crippen molar-refractivity contribution in [2.75, 3.05) is 0 Å². The van der Waals surface area contributed by atoms with Crippen LogP contribution in [0.25, 0.3) is 0 Å². The van der Waals surface area contributed by atoms with Crippen molar-refractivity contribution in [2.24, 2.45) is 0 Å². The minimum absolute atomic E-state index is 0.0350. The molecule has 1 aromatic rings. The van der Waals surface area contributed by atoms with Crippen molar-refractivity contribution in [2.45, 2.75) is 11.1 Å². The van der Waals surface area contributed by atoms with Crippen LogP contribution >= 0.6 is 28.6 Å². The first kappa shape index (κ1) is 9.92. The Morgan fingerprint density at radius 3 is 2.25 bits per heavy atom. The van der Waals surface area contributed by atoms with E-state index in [1.165, 1.54) is 12.1 Å². The van der Waals surface area contributed by atoms with Crippen LogP contribution in [-0.4, -0.2) is 0 Å². The Morgan fingerprint density at radius 2 is 1.83 bits per heavy atom. The number of hydrogen-bond acceptors (Lipinski definition) is 1. The number of alkyl halides is 3. The molecule has 5 heteroatoms. The molecule has 12 heavy (non-hydrogen) atoms. The summed E-state index contributed by atoms with van der Waals surface area (Å²) < 4.78 is 36.5. The smallest absolute Gasteiger partial charge is 0.166 e. The molecule has 0 fully saturated rings. The molecule has 0 aliphatic rings. The highest BCUT2D eigenvalue weighted by Gasteiger charge is 2.32. The molecule has 0 amide bonds. The molecule has 0 aliphatic heterocycles. The molecule has 0 aromatic heterocycles. The monoisotopic (exact) mass is 256 g/mol. The first-order valence-corrected chi connectivity index (χ1v) is 4.21. The van der Waals surface area contributed by atoms with Crippen LogP contribution in [-0.2, 0) is 6.18 Å². The molecule has 1 rings (SSSR count). The van der Waals surface area contributed by atoms with Gasteiger partial charge >= 0.3 is 6.18 Å². The zero-order chi connectivity index (χ0) is 9.35. The minimum Gasteiger partial charge on any atom is -0.166 e. The quantitative estimate of drug-likeness (QED) is 0.672. The minimum atomic E-state index is -4.32. The van der Waals surface area contributed by atoms with Gasteiger partial charge in [0.15, 0.2) is 0 Å². The number of thiol groups is 1. The van der Waals surface area contributed by atoms with Crippen LogP contribution < -0.4 is 0 Å². The van der Waals surface area contributed by atoms with Crippen LogP contribution in [0.4, 0.5) is 13.2 Å². The molecule has 0 unspecified atom stereocenters. The van der Waals surface area contributed by atoms with E-state index in [1.54, 1.807) is 0 Å². The molecule has 1 aromatic carbocycles. The largest absolute Gasteiger partial charge is 0.417 e. The summed E-state index contributed by atoms with van der Waals surface area (Å²) >= 11 is 6.62. The lowest BCUT2D eigenvalue weighted by atomic mass is 10.2. The Balaban J connectivity index is 3.23. The average molecular weight is 257 g/mol. The zero-order valence-corrected chi connectivity index (χ0v) is 8.17. The van der Waals surface area contributed by atoms with Gasteiger partial charge in [0.05, 0.1) is 5.56 Å². The second kappa shape index (κ2) is 3.30.